The molecule has 0 fully saturated rings. The van der Waals surface area contributed by atoms with Gasteiger partial charge in [0.15, 0.2) is 0 Å². The molecular weight excluding hydrogens is 404 g/mol. The SMILES string of the molecule is CCCCCCCCCCCCCCCCOCc1cc(=O)c(OC(=O)CC(C)C)co1. The second-order valence-electron chi connectivity index (χ2n) is 9.30. The highest BCUT2D eigenvalue weighted by molar-refractivity contribution is 5.72. The zero-order chi connectivity index (χ0) is 23.4. The van der Waals surface area contributed by atoms with Crippen LogP contribution in [0.1, 0.15) is 123 Å². The van der Waals surface area contributed by atoms with Crippen LogP contribution in [0.4, 0.5) is 0 Å². The first kappa shape index (κ1) is 28.4. The average molecular weight is 451 g/mol. The quantitative estimate of drug-likeness (QED) is 0.151. The molecule has 1 aromatic heterocycles. The lowest BCUT2D eigenvalue weighted by molar-refractivity contribution is -0.135. The Morgan fingerprint density at radius 3 is 1.91 bits per heavy atom. The van der Waals surface area contributed by atoms with E-state index >= 15 is 0 Å². The van der Waals surface area contributed by atoms with Gasteiger partial charge in [-0.15, -0.1) is 0 Å². The Bertz CT molecular complexity index is 650. The van der Waals surface area contributed by atoms with Crippen LogP contribution in [-0.2, 0) is 16.1 Å². The minimum absolute atomic E-state index is 0.0635. The summed E-state index contributed by atoms with van der Waals surface area (Å²) in [5.41, 5.74) is -0.358. The van der Waals surface area contributed by atoms with Gasteiger partial charge >= 0.3 is 5.97 Å². The molecule has 1 aromatic rings. The van der Waals surface area contributed by atoms with Crippen molar-refractivity contribution in [3.8, 4) is 5.75 Å². The highest BCUT2D eigenvalue weighted by Gasteiger charge is 2.11. The number of esters is 1. The van der Waals surface area contributed by atoms with Crippen LogP contribution in [0.2, 0.25) is 0 Å². The molecule has 0 radical (unpaired) electrons. The molecule has 0 aliphatic heterocycles. The maximum absolute atomic E-state index is 12.0. The third kappa shape index (κ3) is 15.2. The first-order chi connectivity index (χ1) is 15.5. The molecule has 0 saturated carbocycles. The molecule has 0 bridgehead atoms. The fourth-order valence-electron chi connectivity index (χ4n) is 3.66. The number of rotatable bonds is 20. The van der Waals surface area contributed by atoms with Crippen molar-refractivity contribution in [2.75, 3.05) is 6.61 Å². The number of unbranched alkanes of at least 4 members (excludes halogenated alkanes) is 13. The Kier molecular flexibility index (Phi) is 16.8. The van der Waals surface area contributed by atoms with Crippen molar-refractivity contribution in [2.45, 2.75) is 124 Å². The monoisotopic (exact) mass is 450 g/mol. The van der Waals surface area contributed by atoms with Crippen molar-refractivity contribution in [3.63, 3.8) is 0 Å². The molecule has 1 heterocycles. The highest BCUT2D eigenvalue weighted by atomic mass is 16.5. The standard InChI is InChI=1S/C27H46O5/c1-4-5-6-7-8-9-10-11-12-13-14-15-16-17-18-30-21-24-20-25(28)26(22-31-24)32-27(29)19-23(2)3/h20,22-23H,4-19,21H2,1-3H3. The minimum Gasteiger partial charge on any atom is -0.463 e. The molecule has 0 aliphatic carbocycles. The fraction of sp³-hybridized carbons (Fsp3) is 0.778. The summed E-state index contributed by atoms with van der Waals surface area (Å²) in [6.07, 6.45) is 20.1. The van der Waals surface area contributed by atoms with Gasteiger partial charge in [-0.3, -0.25) is 9.59 Å². The van der Waals surface area contributed by atoms with Crippen molar-refractivity contribution < 1.29 is 18.7 Å². The second kappa shape index (κ2) is 18.9. The maximum Gasteiger partial charge on any atom is 0.311 e. The topological polar surface area (TPSA) is 65.7 Å². The lowest BCUT2D eigenvalue weighted by Crippen LogP contribution is -2.16. The third-order valence-corrected chi connectivity index (χ3v) is 5.54. The highest BCUT2D eigenvalue weighted by Crippen LogP contribution is 2.13. The first-order valence-electron chi connectivity index (χ1n) is 12.9. The Hall–Kier alpha value is -1.62. The predicted octanol–water partition coefficient (Wildman–Crippen LogP) is 7.59. The predicted molar refractivity (Wildman–Crippen MR) is 130 cm³/mol. The second-order valence-corrected chi connectivity index (χ2v) is 9.30. The third-order valence-electron chi connectivity index (χ3n) is 5.54. The first-order valence-corrected chi connectivity index (χ1v) is 12.9. The van der Waals surface area contributed by atoms with E-state index in [4.69, 9.17) is 13.9 Å². The number of carbonyl (C=O) groups excluding carboxylic acids is 1. The summed E-state index contributed by atoms with van der Waals surface area (Å²) in [5, 5.41) is 0. The maximum atomic E-state index is 12.0. The molecule has 0 amide bonds. The summed E-state index contributed by atoms with van der Waals surface area (Å²) in [6, 6.07) is 1.34. The molecule has 32 heavy (non-hydrogen) atoms. The van der Waals surface area contributed by atoms with Gasteiger partial charge in [0.25, 0.3) is 0 Å². The van der Waals surface area contributed by atoms with E-state index in [9.17, 15) is 9.59 Å². The van der Waals surface area contributed by atoms with Crippen molar-refractivity contribution in [3.05, 3.63) is 28.3 Å². The smallest absolute Gasteiger partial charge is 0.311 e. The van der Waals surface area contributed by atoms with E-state index in [2.05, 4.69) is 6.92 Å². The van der Waals surface area contributed by atoms with Gasteiger partial charge in [0.1, 0.15) is 18.6 Å². The normalized spacial score (nSPS) is 11.2. The number of carbonyl (C=O) groups is 1. The van der Waals surface area contributed by atoms with Crippen molar-refractivity contribution in [2.24, 2.45) is 5.92 Å². The average Bonchev–Trinajstić information content (AvgIpc) is 2.74. The molecule has 0 N–H and O–H groups in total. The van der Waals surface area contributed by atoms with Gasteiger partial charge in [-0.05, 0) is 12.3 Å². The lowest BCUT2D eigenvalue weighted by atomic mass is 10.0. The van der Waals surface area contributed by atoms with Gasteiger partial charge in [0.05, 0.1) is 0 Å². The van der Waals surface area contributed by atoms with Gasteiger partial charge in [-0.2, -0.15) is 0 Å². The fourth-order valence-corrected chi connectivity index (χ4v) is 3.66. The molecule has 1 rings (SSSR count). The summed E-state index contributed by atoms with van der Waals surface area (Å²) in [5.74, 6) is 0.140. The van der Waals surface area contributed by atoms with E-state index in [1.54, 1.807) is 0 Å². The molecule has 184 valence electrons. The van der Waals surface area contributed by atoms with E-state index in [0.717, 1.165) is 6.42 Å². The molecule has 0 atom stereocenters. The summed E-state index contributed by atoms with van der Waals surface area (Å²) >= 11 is 0. The molecule has 5 heteroatoms. The molecule has 0 unspecified atom stereocenters. The molecule has 0 saturated heterocycles. The van der Waals surface area contributed by atoms with Gasteiger partial charge < -0.3 is 13.9 Å². The lowest BCUT2D eigenvalue weighted by Gasteiger charge is -2.07. The van der Waals surface area contributed by atoms with E-state index in [1.165, 1.54) is 95.8 Å². The molecule has 0 aromatic carbocycles. The van der Waals surface area contributed by atoms with Crippen LogP contribution in [0.25, 0.3) is 0 Å². The van der Waals surface area contributed by atoms with Crippen LogP contribution < -0.4 is 10.2 Å². The van der Waals surface area contributed by atoms with Gasteiger partial charge in [0.2, 0.25) is 11.2 Å². The van der Waals surface area contributed by atoms with Crippen LogP contribution in [0.15, 0.2) is 21.5 Å². The summed E-state index contributed by atoms with van der Waals surface area (Å²) in [4.78, 5) is 23.7. The number of hydrogen-bond acceptors (Lipinski definition) is 5. The van der Waals surface area contributed by atoms with E-state index in [1.807, 2.05) is 13.8 Å². The molecule has 0 spiro atoms. The van der Waals surface area contributed by atoms with E-state index < -0.39 is 5.97 Å². The van der Waals surface area contributed by atoms with Crippen LogP contribution >= 0.6 is 0 Å². The molecule has 0 aliphatic rings. The van der Waals surface area contributed by atoms with Gasteiger partial charge in [0, 0.05) is 19.1 Å². The zero-order valence-corrected chi connectivity index (χ0v) is 20.8. The van der Waals surface area contributed by atoms with Crippen LogP contribution in [-0.4, -0.2) is 12.6 Å². The Balaban J connectivity index is 1.97. The van der Waals surface area contributed by atoms with Crippen molar-refractivity contribution in [1.82, 2.24) is 0 Å². The number of hydrogen-bond donors (Lipinski definition) is 0. The Morgan fingerprint density at radius 2 is 1.41 bits per heavy atom. The van der Waals surface area contributed by atoms with Crippen LogP contribution in [0.3, 0.4) is 0 Å². The van der Waals surface area contributed by atoms with Crippen molar-refractivity contribution >= 4 is 5.97 Å². The Morgan fingerprint density at radius 1 is 0.875 bits per heavy atom. The van der Waals surface area contributed by atoms with Gasteiger partial charge in [-0.25, -0.2) is 0 Å². The van der Waals surface area contributed by atoms with Gasteiger partial charge in [-0.1, -0.05) is 104 Å². The minimum atomic E-state index is -0.422. The summed E-state index contributed by atoms with van der Waals surface area (Å²) < 4.78 is 16.0. The van der Waals surface area contributed by atoms with E-state index in [0.29, 0.717) is 12.4 Å². The molecule has 5 nitrogen and oxygen atoms in total. The Labute approximate surface area is 195 Å². The zero-order valence-electron chi connectivity index (χ0n) is 20.8. The van der Waals surface area contributed by atoms with E-state index in [-0.39, 0.29) is 30.1 Å². The molecular formula is C27H46O5. The van der Waals surface area contributed by atoms with Crippen LogP contribution in [0, 0.1) is 5.92 Å². The van der Waals surface area contributed by atoms with Crippen molar-refractivity contribution in [1.29, 1.82) is 0 Å². The largest absolute Gasteiger partial charge is 0.463 e. The summed E-state index contributed by atoms with van der Waals surface area (Å²) in [6.45, 7) is 7.02. The number of ether oxygens (including phenoxy) is 2. The van der Waals surface area contributed by atoms with Crippen LogP contribution in [0.5, 0.6) is 5.75 Å². The summed E-state index contributed by atoms with van der Waals surface area (Å²) in [7, 11) is 0.